The van der Waals surface area contributed by atoms with E-state index < -0.39 is 20.0 Å². The molecule has 8 nitrogen and oxygen atoms in total. The molecule has 0 aromatic rings. The number of hydrogen-bond donors (Lipinski definition) is 2. The predicted molar refractivity (Wildman–Crippen MR) is 265 cm³/mol. The molecule has 0 saturated heterocycles. The Labute approximate surface area is 385 Å². The number of phosphoric ester groups is 1. The van der Waals surface area contributed by atoms with E-state index in [-0.39, 0.29) is 19.1 Å². The summed E-state index contributed by atoms with van der Waals surface area (Å²) in [5.74, 6) is -0.198. The minimum atomic E-state index is -4.58. The van der Waals surface area contributed by atoms with Gasteiger partial charge in [-0.05, 0) is 44.9 Å². The molecular formula is C53H105N2O6P. The molecular weight excluding hydrogens is 792 g/mol. The van der Waals surface area contributed by atoms with Crippen molar-refractivity contribution in [3.05, 3.63) is 24.3 Å². The molecule has 0 spiro atoms. The number of carbonyl (C=O) groups excluding carboxylic acids is 1. The number of hydrogen-bond acceptors (Lipinski definition) is 6. The van der Waals surface area contributed by atoms with Crippen LogP contribution in [0.3, 0.4) is 0 Å². The van der Waals surface area contributed by atoms with E-state index in [9.17, 15) is 19.4 Å². The highest BCUT2D eigenvalue weighted by Gasteiger charge is 2.23. The van der Waals surface area contributed by atoms with Crippen molar-refractivity contribution < 1.29 is 32.9 Å². The van der Waals surface area contributed by atoms with E-state index in [2.05, 4.69) is 31.3 Å². The zero-order valence-corrected chi connectivity index (χ0v) is 42.7. The smallest absolute Gasteiger partial charge is 0.268 e. The van der Waals surface area contributed by atoms with Crippen LogP contribution in [-0.4, -0.2) is 68.5 Å². The maximum atomic E-state index is 12.8. The van der Waals surface area contributed by atoms with Gasteiger partial charge < -0.3 is 28.8 Å². The van der Waals surface area contributed by atoms with Crippen LogP contribution in [0.15, 0.2) is 24.3 Å². The van der Waals surface area contributed by atoms with Gasteiger partial charge >= 0.3 is 0 Å². The molecule has 9 heteroatoms. The Morgan fingerprint density at radius 1 is 0.548 bits per heavy atom. The Kier molecular flexibility index (Phi) is 44.4. The molecule has 0 aromatic heterocycles. The first-order valence-electron chi connectivity index (χ1n) is 26.7. The molecule has 0 saturated carbocycles. The molecule has 0 heterocycles. The number of quaternary nitrogens is 1. The minimum Gasteiger partial charge on any atom is -0.756 e. The fourth-order valence-electron chi connectivity index (χ4n) is 7.91. The molecule has 0 fully saturated rings. The summed E-state index contributed by atoms with van der Waals surface area (Å²) >= 11 is 0. The lowest BCUT2D eigenvalue weighted by atomic mass is 10.0. The van der Waals surface area contributed by atoms with Crippen LogP contribution in [0.4, 0.5) is 0 Å². The van der Waals surface area contributed by atoms with Crippen molar-refractivity contribution in [3.63, 3.8) is 0 Å². The van der Waals surface area contributed by atoms with Crippen molar-refractivity contribution in [2.24, 2.45) is 0 Å². The third-order valence-electron chi connectivity index (χ3n) is 12.2. The SMILES string of the molecule is CCCCCCC/C=C/C(O)C(COP(=O)([O-])OCC[N+](C)(C)C)NC(=O)CCCCCCCCCCCCCCCCCCCCCCC/C=C\CCCCCCCCCC. The van der Waals surface area contributed by atoms with E-state index in [1.54, 1.807) is 6.08 Å². The number of amides is 1. The molecule has 3 atom stereocenters. The summed E-state index contributed by atoms with van der Waals surface area (Å²) in [7, 11) is 1.27. The number of unbranched alkanes of at least 4 members (excludes halogenated alkanes) is 34. The van der Waals surface area contributed by atoms with Gasteiger partial charge in [0.25, 0.3) is 7.82 Å². The summed E-state index contributed by atoms with van der Waals surface area (Å²) in [6.45, 7) is 4.60. The number of likely N-dealkylation sites (N-methyl/N-ethyl adjacent to an activating group) is 1. The van der Waals surface area contributed by atoms with Crippen molar-refractivity contribution in [2.75, 3.05) is 40.9 Å². The van der Waals surface area contributed by atoms with Gasteiger partial charge in [0.1, 0.15) is 13.2 Å². The molecule has 0 aliphatic rings. The number of phosphoric acid groups is 1. The molecule has 3 unspecified atom stereocenters. The lowest BCUT2D eigenvalue weighted by molar-refractivity contribution is -0.870. The topological polar surface area (TPSA) is 108 Å². The van der Waals surface area contributed by atoms with Crippen LogP contribution in [0.1, 0.15) is 258 Å². The van der Waals surface area contributed by atoms with Crippen molar-refractivity contribution in [1.29, 1.82) is 0 Å². The maximum absolute atomic E-state index is 12.8. The lowest BCUT2D eigenvalue weighted by Crippen LogP contribution is -2.45. The molecule has 0 radical (unpaired) electrons. The normalized spacial score (nSPS) is 14.2. The highest BCUT2D eigenvalue weighted by molar-refractivity contribution is 7.45. The second kappa shape index (κ2) is 45.1. The zero-order valence-electron chi connectivity index (χ0n) is 41.8. The summed E-state index contributed by atoms with van der Waals surface area (Å²) in [6, 6.07) is -0.880. The second-order valence-electron chi connectivity index (χ2n) is 19.6. The van der Waals surface area contributed by atoms with Crippen LogP contribution in [0.2, 0.25) is 0 Å². The van der Waals surface area contributed by atoms with E-state index in [0.29, 0.717) is 17.4 Å². The van der Waals surface area contributed by atoms with E-state index in [4.69, 9.17) is 9.05 Å². The Hall–Kier alpha value is -1.02. The van der Waals surface area contributed by atoms with Gasteiger partial charge in [0, 0.05) is 6.42 Å². The quantitative estimate of drug-likeness (QED) is 0.0273. The first kappa shape index (κ1) is 61.0. The third-order valence-corrected chi connectivity index (χ3v) is 13.1. The Morgan fingerprint density at radius 3 is 1.26 bits per heavy atom. The fraction of sp³-hybridized carbons (Fsp3) is 0.906. The van der Waals surface area contributed by atoms with Crippen molar-refractivity contribution in [2.45, 2.75) is 270 Å². The number of aliphatic hydroxyl groups excluding tert-OH is 1. The average Bonchev–Trinajstić information content (AvgIpc) is 3.23. The summed E-state index contributed by atoms with van der Waals surface area (Å²) < 4.78 is 23.1. The first-order chi connectivity index (χ1) is 30.0. The molecule has 0 bridgehead atoms. The van der Waals surface area contributed by atoms with Gasteiger partial charge in [-0.2, -0.15) is 0 Å². The van der Waals surface area contributed by atoms with Gasteiger partial charge in [-0.25, -0.2) is 0 Å². The zero-order chi connectivity index (χ0) is 45.7. The number of allylic oxidation sites excluding steroid dienone is 3. The summed E-state index contributed by atoms with van der Waals surface area (Å²) in [6.07, 6.45) is 55.8. The number of carbonyl (C=O) groups is 1. The Bertz CT molecular complexity index is 1060. The van der Waals surface area contributed by atoms with E-state index in [0.717, 1.165) is 38.5 Å². The fourth-order valence-corrected chi connectivity index (χ4v) is 8.64. The number of nitrogens with one attached hydrogen (secondary N) is 1. The molecule has 0 aromatic carbocycles. The maximum Gasteiger partial charge on any atom is 0.268 e. The standard InChI is InChI=1S/C53H105N2O6P/c1-6-8-10-12-14-15-16-17-18-19-20-21-22-23-24-25-26-27-28-29-30-31-32-33-34-35-36-37-38-39-41-43-45-47-53(57)54-51(52(56)46-44-42-40-13-11-9-7-2)50-61-62(58,59)60-49-48-55(3,4)5/h19-20,44,46,51-52,56H,6-18,21-43,45,47-50H2,1-5H3,(H-,54,57,58,59)/b20-19-,46-44+. The molecule has 368 valence electrons. The Morgan fingerprint density at radius 2 is 0.887 bits per heavy atom. The third kappa shape index (κ3) is 47.0. The number of aliphatic hydroxyl groups is 1. The van der Waals surface area contributed by atoms with Gasteiger partial charge in [-0.15, -0.1) is 0 Å². The molecule has 0 aliphatic heterocycles. The predicted octanol–water partition coefficient (Wildman–Crippen LogP) is 15.0. The van der Waals surface area contributed by atoms with Gasteiger partial charge in [0.2, 0.25) is 5.91 Å². The molecule has 0 rings (SSSR count). The molecule has 0 aliphatic carbocycles. The van der Waals surface area contributed by atoms with Crippen molar-refractivity contribution >= 4 is 13.7 Å². The summed E-state index contributed by atoms with van der Waals surface area (Å²) in [5.41, 5.74) is 0. The average molecular weight is 897 g/mol. The molecule has 2 N–H and O–H groups in total. The minimum absolute atomic E-state index is 0.000559. The molecule has 62 heavy (non-hydrogen) atoms. The van der Waals surface area contributed by atoms with Crippen LogP contribution in [-0.2, 0) is 18.4 Å². The molecule has 1 amide bonds. The Balaban J connectivity index is 3.83. The number of rotatable bonds is 49. The van der Waals surface area contributed by atoms with Gasteiger partial charge in [-0.3, -0.25) is 9.36 Å². The van der Waals surface area contributed by atoms with Gasteiger partial charge in [0.15, 0.2) is 0 Å². The van der Waals surface area contributed by atoms with Crippen LogP contribution in [0.5, 0.6) is 0 Å². The van der Waals surface area contributed by atoms with Crippen molar-refractivity contribution in [3.8, 4) is 0 Å². The monoisotopic (exact) mass is 897 g/mol. The largest absolute Gasteiger partial charge is 0.756 e. The van der Waals surface area contributed by atoms with E-state index in [1.165, 1.54) is 199 Å². The van der Waals surface area contributed by atoms with Crippen molar-refractivity contribution in [1.82, 2.24) is 5.32 Å². The number of nitrogens with zero attached hydrogens (tertiary/aromatic N) is 1. The van der Waals surface area contributed by atoms with Crippen LogP contribution in [0, 0.1) is 0 Å². The lowest BCUT2D eigenvalue weighted by Gasteiger charge is -2.29. The van der Waals surface area contributed by atoms with Gasteiger partial charge in [-0.1, -0.05) is 231 Å². The van der Waals surface area contributed by atoms with Crippen LogP contribution < -0.4 is 10.2 Å². The first-order valence-corrected chi connectivity index (χ1v) is 28.2. The summed E-state index contributed by atoms with van der Waals surface area (Å²) in [5, 5.41) is 13.7. The van der Waals surface area contributed by atoms with Gasteiger partial charge in [0.05, 0.1) is 39.9 Å². The summed E-state index contributed by atoms with van der Waals surface area (Å²) in [4.78, 5) is 25.2. The highest BCUT2D eigenvalue weighted by Crippen LogP contribution is 2.38. The second-order valence-corrected chi connectivity index (χ2v) is 21.0. The van der Waals surface area contributed by atoms with E-state index >= 15 is 0 Å². The van der Waals surface area contributed by atoms with Crippen LogP contribution in [0.25, 0.3) is 0 Å². The van der Waals surface area contributed by atoms with Crippen LogP contribution >= 0.6 is 7.82 Å². The van der Waals surface area contributed by atoms with E-state index in [1.807, 2.05) is 27.2 Å². The highest BCUT2D eigenvalue weighted by atomic mass is 31.2.